The Bertz CT molecular complexity index is 2000. The van der Waals surface area contributed by atoms with E-state index in [1.54, 1.807) is 6.20 Å². The Morgan fingerprint density at radius 3 is 2.36 bits per heavy atom. The van der Waals surface area contributed by atoms with Gasteiger partial charge >= 0.3 is 0 Å². The lowest BCUT2D eigenvalue weighted by atomic mass is 9.79. The van der Waals surface area contributed by atoms with Gasteiger partial charge in [0.25, 0.3) is 0 Å². The maximum atomic E-state index is 13.1. The van der Waals surface area contributed by atoms with Gasteiger partial charge in [0.15, 0.2) is 5.78 Å². The zero-order valence-corrected chi connectivity index (χ0v) is 25.1. The summed E-state index contributed by atoms with van der Waals surface area (Å²) in [5, 5.41) is 12.3. The van der Waals surface area contributed by atoms with Crippen LogP contribution >= 0.6 is 11.6 Å². The topological polar surface area (TPSA) is 60.2 Å². The van der Waals surface area contributed by atoms with Gasteiger partial charge in [-0.15, -0.1) is 0 Å². The van der Waals surface area contributed by atoms with E-state index in [1.165, 1.54) is 16.8 Å². The standard InChI is InChI=1S/C28H25ClN2O.C10H6N2/c29-25-18-22(31-14-12-30(13-15-31)21-7-2-1-3-8-21)16-20-10-11-24-23-9-5-4-6-19(23)17-26(32)28(24)27(20)25;11-6-8-5-9-3-1-2-4-10(9)12-7-8/h1-3,5,7-11,16,18H,4,6,12-15,17H2;1-5,7H. The van der Waals surface area contributed by atoms with Gasteiger partial charge in [0.2, 0.25) is 0 Å². The van der Waals surface area contributed by atoms with Gasteiger partial charge in [0.1, 0.15) is 6.07 Å². The molecule has 2 heterocycles. The summed E-state index contributed by atoms with van der Waals surface area (Å²) >= 11 is 6.86. The fraction of sp³-hybridized carbons (Fsp3) is 0.184. The van der Waals surface area contributed by atoms with Gasteiger partial charge in [-0.1, -0.05) is 77.9 Å². The normalized spacial score (nSPS) is 15.9. The number of nitriles is 1. The number of halogens is 1. The number of anilines is 2. The summed E-state index contributed by atoms with van der Waals surface area (Å²) in [6.45, 7) is 3.85. The van der Waals surface area contributed by atoms with Gasteiger partial charge in [-0.2, -0.15) is 5.26 Å². The highest BCUT2D eigenvalue weighted by Crippen LogP contribution is 2.42. The number of ketones is 1. The Hall–Kier alpha value is -4.92. The second-order valence-corrected chi connectivity index (χ2v) is 11.8. The third kappa shape index (κ3) is 5.34. The van der Waals surface area contributed by atoms with E-state index < -0.39 is 0 Å². The van der Waals surface area contributed by atoms with Crippen LogP contribution in [0.1, 0.15) is 40.7 Å². The number of hydrogen-bond acceptors (Lipinski definition) is 5. The van der Waals surface area contributed by atoms with Crippen molar-refractivity contribution in [3.8, 4) is 6.07 Å². The van der Waals surface area contributed by atoms with Gasteiger partial charge in [-0.05, 0) is 65.8 Å². The summed E-state index contributed by atoms with van der Waals surface area (Å²) in [5.74, 6) is 0.200. The van der Waals surface area contributed by atoms with Crippen LogP contribution in [-0.4, -0.2) is 36.9 Å². The predicted octanol–water partition coefficient (Wildman–Crippen LogP) is 8.62. The number of carbonyl (C=O) groups is 1. The zero-order valence-electron chi connectivity index (χ0n) is 24.3. The van der Waals surface area contributed by atoms with Gasteiger partial charge in [-0.3, -0.25) is 9.78 Å². The lowest BCUT2D eigenvalue weighted by molar-refractivity contribution is 0.0991. The van der Waals surface area contributed by atoms with Crippen LogP contribution < -0.4 is 9.80 Å². The molecule has 4 aromatic carbocycles. The summed E-state index contributed by atoms with van der Waals surface area (Å²) in [4.78, 5) is 22.1. The number of benzene rings is 4. The first kappa shape index (κ1) is 27.9. The van der Waals surface area contributed by atoms with E-state index in [0.29, 0.717) is 17.0 Å². The molecule has 8 rings (SSSR count). The van der Waals surface area contributed by atoms with E-state index in [4.69, 9.17) is 16.9 Å². The molecule has 1 fully saturated rings. The average molecular weight is 595 g/mol. The van der Waals surface area contributed by atoms with Crippen LogP contribution in [0.5, 0.6) is 0 Å². The van der Waals surface area contributed by atoms with Crippen LogP contribution in [-0.2, 0) is 0 Å². The van der Waals surface area contributed by atoms with Crippen molar-refractivity contribution in [1.29, 1.82) is 5.26 Å². The van der Waals surface area contributed by atoms with Crippen molar-refractivity contribution < 1.29 is 4.79 Å². The van der Waals surface area contributed by atoms with Crippen molar-refractivity contribution in [3.63, 3.8) is 0 Å². The van der Waals surface area contributed by atoms with E-state index in [0.717, 1.165) is 77.5 Å². The Balaban J connectivity index is 0.000000218. The zero-order chi connectivity index (χ0) is 30.0. The number of Topliss-reactive ketones (excluding diaryl/α,β-unsaturated/α-hetero) is 1. The summed E-state index contributed by atoms with van der Waals surface area (Å²) in [6.07, 6.45) is 8.51. The molecule has 1 aliphatic heterocycles. The average Bonchev–Trinajstić information content (AvgIpc) is 3.08. The molecule has 216 valence electrons. The molecule has 6 heteroatoms. The van der Waals surface area contributed by atoms with Crippen LogP contribution in [0.4, 0.5) is 11.4 Å². The highest BCUT2D eigenvalue weighted by atomic mass is 35.5. The fourth-order valence-electron chi connectivity index (χ4n) is 6.55. The molecule has 3 aliphatic rings. The minimum absolute atomic E-state index is 0.200. The molecule has 5 aromatic rings. The van der Waals surface area contributed by atoms with Crippen LogP contribution in [0.25, 0.3) is 27.2 Å². The van der Waals surface area contributed by atoms with Gasteiger partial charge in [0, 0.05) is 66.5 Å². The number of aromatic nitrogens is 1. The van der Waals surface area contributed by atoms with Crippen LogP contribution in [0, 0.1) is 11.3 Å². The Morgan fingerprint density at radius 2 is 1.57 bits per heavy atom. The third-order valence-electron chi connectivity index (χ3n) is 8.76. The minimum atomic E-state index is 0.200. The number of allylic oxidation sites excluding steroid dienone is 4. The number of rotatable bonds is 2. The molecule has 1 saturated heterocycles. The summed E-state index contributed by atoms with van der Waals surface area (Å²) < 4.78 is 0. The van der Waals surface area contributed by atoms with Crippen molar-refractivity contribution in [2.75, 3.05) is 36.0 Å². The van der Waals surface area contributed by atoms with Gasteiger partial charge in [-0.25, -0.2) is 0 Å². The summed E-state index contributed by atoms with van der Waals surface area (Å²) in [5.41, 5.74) is 8.29. The molecule has 5 nitrogen and oxygen atoms in total. The lowest BCUT2D eigenvalue weighted by Gasteiger charge is -2.37. The number of para-hydroxylation sites is 2. The molecule has 0 unspecified atom stereocenters. The van der Waals surface area contributed by atoms with Gasteiger partial charge < -0.3 is 9.80 Å². The van der Waals surface area contributed by atoms with Crippen molar-refractivity contribution in [2.45, 2.75) is 19.3 Å². The Labute approximate surface area is 262 Å². The molecular formula is C38H31ClN4O. The fourth-order valence-corrected chi connectivity index (χ4v) is 6.86. The highest BCUT2D eigenvalue weighted by Gasteiger charge is 2.28. The van der Waals surface area contributed by atoms with Crippen LogP contribution in [0.15, 0.2) is 109 Å². The van der Waals surface area contributed by atoms with Crippen LogP contribution in [0.2, 0.25) is 5.02 Å². The Kier molecular flexibility index (Phi) is 7.60. The number of pyridine rings is 1. The number of carbonyl (C=O) groups excluding carboxylic acids is 1. The molecule has 0 bridgehead atoms. The first-order chi connectivity index (χ1) is 21.6. The SMILES string of the molecule is N#Cc1cnc2ccccc2c1.O=C1CC2=C(C=CCC2)c2ccc3cc(N4CCN(c5ccccc5)CC4)cc(Cl)c3c21. The molecule has 1 aromatic heterocycles. The largest absolute Gasteiger partial charge is 0.368 e. The predicted molar refractivity (Wildman–Crippen MR) is 181 cm³/mol. The van der Waals surface area contributed by atoms with Crippen molar-refractivity contribution in [2.24, 2.45) is 0 Å². The van der Waals surface area contributed by atoms with E-state index in [2.05, 4.69) is 87.6 Å². The molecule has 0 N–H and O–H groups in total. The summed E-state index contributed by atoms with van der Waals surface area (Å²) in [6, 6.07) is 30.7. The van der Waals surface area contributed by atoms with Gasteiger partial charge in [0.05, 0.1) is 16.1 Å². The number of nitrogens with zero attached hydrogens (tertiary/aromatic N) is 4. The second kappa shape index (κ2) is 12.0. The third-order valence-corrected chi connectivity index (χ3v) is 9.06. The molecule has 2 aliphatic carbocycles. The lowest BCUT2D eigenvalue weighted by Crippen LogP contribution is -2.46. The Morgan fingerprint density at radius 1 is 0.818 bits per heavy atom. The molecule has 0 radical (unpaired) electrons. The van der Waals surface area contributed by atoms with E-state index in [1.807, 2.05) is 30.3 Å². The van der Waals surface area contributed by atoms with Crippen LogP contribution in [0.3, 0.4) is 0 Å². The number of piperazine rings is 1. The minimum Gasteiger partial charge on any atom is -0.368 e. The summed E-state index contributed by atoms with van der Waals surface area (Å²) in [7, 11) is 0. The monoisotopic (exact) mass is 594 g/mol. The molecule has 0 spiro atoms. The molecule has 0 atom stereocenters. The first-order valence-electron chi connectivity index (χ1n) is 15.1. The van der Waals surface area contributed by atoms with E-state index in [-0.39, 0.29) is 5.78 Å². The first-order valence-corrected chi connectivity index (χ1v) is 15.4. The molecule has 44 heavy (non-hydrogen) atoms. The van der Waals surface area contributed by atoms with Crippen molar-refractivity contribution >= 4 is 56.0 Å². The molecular weight excluding hydrogens is 564 g/mol. The smallest absolute Gasteiger partial charge is 0.168 e. The number of hydrogen-bond donors (Lipinski definition) is 0. The molecule has 0 saturated carbocycles. The second-order valence-electron chi connectivity index (χ2n) is 11.4. The van der Waals surface area contributed by atoms with E-state index >= 15 is 0 Å². The van der Waals surface area contributed by atoms with Crippen molar-refractivity contribution in [1.82, 2.24) is 4.98 Å². The maximum Gasteiger partial charge on any atom is 0.168 e. The quantitative estimate of drug-likeness (QED) is 0.205. The van der Waals surface area contributed by atoms with E-state index in [9.17, 15) is 4.79 Å². The number of fused-ring (bicyclic) bond motifs is 5. The molecule has 0 amide bonds. The maximum absolute atomic E-state index is 13.1. The highest BCUT2D eigenvalue weighted by molar-refractivity contribution is 6.38. The van der Waals surface area contributed by atoms with Crippen molar-refractivity contribution in [3.05, 3.63) is 131 Å².